The molecule has 0 aromatic rings. The smallest absolute Gasteiger partial charge is 0.306 e. The summed E-state index contributed by atoms with van der Waals surface area (Å²) in [6.45, 7) is 6.39. The van der Waals surface area contributed by atoms with Crippen molar-refractivity contribution in [2.75, 3.05) is 13.2 Å². The zero-order chi connectivity index (χ0) is 57.8. The molecule has 0 aliphatic heterocycles. The summed E-state index contributed by atoms with van der Waals surface area (Å²) in [5.41, 5.74) is 0. The average molecular weight is 1110 g/mol. The van der Waals surface area contributed by atoms with Gasteiger partial charge in [0.15, 0.2) is 6.10 Å². The Bertz CT molecular complexity index is 1700. The standard InChI is InChI=1S/C74H122O6/c1-4-7-10-13-16-19-22-25-28-31-33-35-36-37-38-39-41-43-46-49-52-55-58-61-64-67-73(76)79-70-71(69-78-72(75)66-63-60-57-54-51-48-45-42-30-27-24-21-18-15-12-9-6-3)80-74(77)68-65-62-59-56-53-50-47-44-40-34-32-29-26-23-20-17-14-11-8-5-2/h7,9-10,12,16,18-19,21,25,27-28,30,33,35,37-38,41,43,45,48-49,52,71H,4-6,8,11,13-15,17,20,22-24,26,29,31-32,34,36,39-40,42,44,46-47,50-51,53-70H2,1-3H3/b10-7-,12-9-,19-16-,21-18-,28-25-,30-27-,35-33-,38-37-,43-41-,48-45-,52-49-. The quantitative estimate of drug-likeness (QED) is 0.0261. The highest BCUT2D eigenvalue weighted by molar-refractivity contribution is 5.71. The van der Waals surface area contributed by atoms with E-state index in [-0.39, 0.29) is 31.1 Å². The van der Waals surface area contributed by atoms with E-state index >= 15 is 0 Å². The van der Waals surface area contributed by atoms with Gasteiger partial charge in [-0.1, -0.05) is 296 Å². The van der Waals surface area contributed by atoms with Gasteiger partial charge in [-0.2, -0.15) is 0 Å². The number of hydrogen-bond acceptors (Lipinski definition) is 6. The first kappa shape index (κ1) is 75.5. The Labute approximate surface area is 494 Å². The SMILES string of the molecule is CC/C=C\C/C=C\C/C=C\C/C=C\C/C=C\C/C=C\C/C=C\CCCCCC(=O)OCC(COC(=O)CCCCCC/C=C\C/C=C\C/C=C\C/C=C\CC)OC(=O)CCCCCCCCCCCCCCCCCCCCCC. The minimum atomic E-state index is -0.808. The van der Waals surface area contributed by atoms with Crippen molar-refractivity contribution in [3.05, 3.63) is 134 Å². The van der Waals surface area contributed by atoms with E-state index in [9.17, 15) is 14.4 Å². The van der Waals surface area contributed by atoms with Crippen molar-refractivity contribution in [3.8, 4) is 0 Å². The molecule has 0 spiro atoms. The second-order valence-corrected chi connectivity index (χ2v) is 21.6. The molecule has 1 atom stereocenters. The van der Waals surface area contributed by atoms with Gasteiger partial charge in [-0.25, -0.2) is 0 Å². The molecule has 0 N–H and O–H groups in total. The number of allylic oxidation sites excluding steroid dienone is 22. The molecule has 0 heterocycles. The maximum absolute atomic E-state index is 12.9. The molecule has 0 aliphatic rings. The van der Waals surface area contributed by atoms with Crippen LogP contribution >= 0.6 is 0 Å². The molecule has 454 valence electrons. The van der Waals surface area contributed by atoms with E-state index in [0.717, 1.165) is 148 Å². The van der Waals surface area contributed by atoms with Crippen LogP contribution in [0.3, 0.4) is 0 Å². The molecule has 0 radical (unpaired) electrons. The normalized spacial score (nSPS) is 13.0. The number of esters is 3. The van der Waals surface area contributed by atoms with E-state index in [1.807, 2.05) is 0 Å². The minimum absolute atomic E-state index is 0.103. The van der Waals surface area contributed by atoms with E-state index in [1.54, 1.807) is 0 Å². The lowest BCUT2D eigenvalue weighted by Crippen LogP contribution is -2.30. The van der Waals surface area contributed by atoms with Crippen molar-refractivity contribution in [3.63, 3.8) is 0 Å². The lowest BCUT2D eigenvalue weighted by Gasteiger charge is -2.18. The molecule has 0 aliphatic carbocycles. The van der Waals surface area contributed by atoms with E-state index in [2.05, 4.69) is 154 Å². The van der Waals surface area contributed by atoms with Crippen LogP contribution in [0.25, 0.3) is 0 Å². The lowest BCUT2D eigenvalue weighted by molar-refractivity contribution is -0.167. The van der Waals surface area contributed by atoms with Gasteiger partial charge in [-0.05, 0) is 116 Å². The van der Waals surface area contributed by atoms with Crippen molar-refractivity contribution in [2.24, 2.45) is 0 Å². The van der Waals surface area contributed by atoms with E-state index in [1.165, 1.54) is 109 Å². The van der Waals surface area contributed by atoms with Crippen molar-refractivity contribution in [1.82, 2.24) is 0 Å². The summed E-state index contributed by atoms with van der Waals surface area (Å²) in [5.74, 6) is -0.951. The summed E-state index contributed by atoms with van der Waals surface area (Å²) in [6, 6.07) is 0. The van der Waals surface area contributed by atoms with Crippen LogP contribution in [0.4, 0.5) is 0 Å². The Morgan fingerprint density at radius 3 is 0.775 bits per heavy atom. The van der Waals surface area contributed by atoms with Gasteiger partial charge in [0.25, 0.3) is 0 Å². The van der Waals surface area contributed by atoms with Crippen molar-refractivity contribution in [2.45, 2.75) is 303 Å². The summed E-state index contributed by atoms with van der Waals surface area (Å²) in [4.78, 5) is 38.4. The Kier molecular flexibility index (Phi) is 63.3. The zero-order valence-electron chi connectivity index (χ0n) is 52.0. The molecule has 0 fully saturated rings. The molecular formula is C74H122O6. The number of carbonyl (C=O) groups is 3. The van der Waals surface area contributed by atoms with Crippen LogP contribution in [-0.2, 0) is 28.6 Å². The average Bonchev–Trinajstić information content (AvgIpc) is 3.46. The van der Waals surface area contributed by atoms with Crippen LogP contribution < -0.4 is 0 Å². The largest absolute Gasteiger partial charge is 0.462 e. The maximum atomic E-state index is 12.9. The minimum Gasteiger partial charge on any atom is -0.462 e. The monoisotopic (exact) mass is 1110 g/mol. The number of ether oxygens (including phenoxy) is 3. The van der Waals surface area contributed by atoms with Crippen LogP contribution in [0.5, 0.6) is 0 Å². The third-order valence-electron chi connectivity index (χ3n) is 13.9. The fourth-order valence-corrected chi connectivity index (χ4v) is 9.00. The predicted octanol–water partition coefficient (Wildman–Crippen LogP) is 22.9. The molecule has 0 saturated heterocycles. The molecule has 1 unspecified atom stereocenters. The number of unbranched alkanes of at least 4 members (excludes halogenated alkanes) is 26. The lowest BCUT2D eigenvalue weighted by atomic mass is 10.0. The second-order valence-electron chi connectivity index (χ2n) is 21.6. The Hall–Kier alpha value is -4.45. The van der Waals surface area contributed by atoms with Gasteiger partial charge in [0.05, 0.1) is 0 Å². The molecule has 0 aromatic carbocycles. The van der Waals surface area contributed by atoms with Gasteiger partial charge in [0, 0.05) is 19.3 Å². The molecule has 0 amide bonds. The van der Waals surface area contributed by atoms with Crippen LogP contribution in [0.15, 0.2) is 134 Å². The third-order valence-corrected chi connectivity index (χ3v) is 13.9. The topological polar surface area (TPSA) is 78.9 Å². The van der Waals surface area contributed by atoms with Crippen LogP contribution in [-0.4, -0.2) is 37.2 Å². The highest BCUT2D eigenvalue weighted by atomic mass is 16.6. The van der Waals surface area contributed by atoms with E-state index in [0.29, 0.717) is 19.3 Å². The van der Waals surface area contributed by atoms with E-state index in [4.69, 9.17) is 14.2 Å². The van der Waals surface area contributed by atoms with Crippen molar-refractivity contribution < 1.29 is 28.6 Å². The van der Waals surface area contributed by atoms with Crippen molar-refractivity contribution in [1.29, 1.82) is 0 Å². The first-order valence-electron chi connectivity index (χ1n) is 33.2. The molecular weight excluding hydrogens is 985 g/mol. The predicted molar refractivity (Wildman–Crippen MR) is 348 cm³/mol. The fraction of sp³-hybridized carbons (Fsp3) is 0.662. The highest BCUT2D eigenvalue weighted by Gasteiger charge is 2.19. The Morgan fingerprint density at radius 2 is 0.487 bits per heavy atom. The molecule has 0 aromatic heterocycles. The molecule has 0 saturated carbocycles. The third kappa shape index (κ3) is 64.4. The molecule has 80 heavy (non-hydrogen) atoms. The maximum Gasteiger partial charge on any atom is 0.306 e. The molecule has 6 nitrogen and oxygen atoms in total. The van der Waals surface area contributed by atoms with Crippen LogP contribution in [0.1, 0.15) is 297 Å². The number of hydrogen-bond donors (Lipinski definition) is 0. The highest BCUT2D eigenvalue weighted by Crippen LogP contribution is 2.16. The van der Waals surface area contributed by atoms with Crippen LogP contribution in [0.2, 0.25) is 0 Å². The summed E-state index contributed by atoms with van der Waals surface area (Å²) in [5, 5.41) is 0. The van der Waals surface area contributed by atoms with E-state index < -0.39 is 6.10 Å². The summed E-state index contributed by atoms with van der Waals surface area (Å²) in [6.07, 6.45) is 94.6. The number of carbonyl (C=O) groups excluding carboxylic acids is 3. The summed E-state index contributed by atoms with van der Waals surface area (Å²) >= 11 is 0. The van der Waals surface area contributed by atoms with Gasteiger partial charge in [-0.3, -0.25) is 14.4 Å². The Morgan fingerprint density at radius 1 is 0.263 bits per heavy atom. The van der Waals surface area contributed by atoms with Crippen LogP contribution in [0, 0.1) is 0 Å². The first-order chi connectivity index (χ1) is 39.5. The van der Waals surface area contributed by atoms with Gasteiger partial charge in [-0.15, -0.1) is 0 Å². The van der Waals surface area contributed by atoms with Gasteiger partial charge < -0.3 is 14.2 Å². The number of rotatable bonds is 59. The Balaban J connectivity index is 4.48. The summed E-state index contributed by atoms with van der Waals surface area (Å²) < 4.78 is 16.9. The van der Waals surface area contributed by atoms with Gasteiger partial charge in [0.1, 0.15) is 13.2 Å². The second kappa shape index (κ2) is 67.1. The van der Waals surface area contributed by atoms with Crippen molar-refractivity contribution >= 4 is 17.9 Å². The molecule has 6 heteroatoms. The molecule has 0 rings (SSSR count). The fourth-order valence-electron chi connectivity index (χ4n) is 9.00. The first-order valence-corrected chi connectivity index (χ1v) is 33.2. The summed E-state index contributed by atoms with van der Waals surface area (Å²) in [7, 11) is 0. The molecule has 0 bridgehead atoms. The van der Waals surface area contributed by atoms with Gasteiger partial charge >= 0.3 is 17.9 Å². The zero-order valence-corrected chi connectivity index (χ0v) is 52.0. The van der Waals surface area contributed by atoms with Gasteiger partial charge in [0.2, 0.25) is 0 Å².